The van der Waals surface area contributed by atoms with Crippen LogP contribution in [0.25, 0.3) is 10.4 Å². The van der Waals surface area contributed by atoms with E-state index in [1.54, 1.807) is 6.92 Å². The van der Waals surface area contributed by atoms with Crippen LogP contribution in [0.4, 0.5) is 9.93 Å². The second-order valence-corrected chi connectivity index (χ2v) is 9.30. The SMILES string of the molecule is CC(=O)Nc1nc(C)c(-c2cnn(S(=O)(=O)C3CCN(C(=O)O)CC3)c2)s1. The Kier molecular flexibility index (Phi) is 5.20. The maximum Gasteiger partial charge on any atom is 0.407 e. The van der Waals surface area contributed by atoms with Gasteiger partial charge < -0.3 is 15.3 Å². The molecular weight excluding hydrogens is 394 g/mol. The highest BCUT2D eigenvalue weighted by molar-refractivity contribution is 7.90. The number of aryl methyl sites for hydroxylation is 1. The molecule has 0 saturated carbocycles. The molecule has 0 aliphatic carbocycles. The minimum atomic E-state index is -3.72. The van der Waals surface area contributed by atoms with Gasteiger partial charge in [-0.25, -0.2) is 18.2 Å². The fourth-order valence-corrected chi connectivity index (χ4v) is 5.47. The molecule has 146 valence electrons. The molecule has 2 aromatic heterocycles. The van der Waals surface area contributed by atoms with Crippen molar-refractivity contribution in [1.82, 2.24) is 19.1 Å². The van der Waals surface area contributed by atoms with Crippen molar-refractivity contribution in [1.29, 1.82) is 0 Å². The van der Waals surface area contributed by atoms with Crippen LogP contribution in [0.15, 0.2) is 12.4 Å². The molecule has 10 nitrogen and oxygen atoms in total. The lowest BCUT2D eigenvalue weighted by molar-refractivity contribution is -0.114. The van der Waals surface area contributed by atoms with Crippen LogP contribution < -0.4 is 5.32 Å². The van der Waals surface area contributed by atoms with Crippen LogP contribution in [0.1, 0.15) is 25.5 Å². The van der Waals surface area contributed by atoms with E-state index in [9.17, 15) is 18.0 Å². The number of rotatable bonds is 4. The average molecular weight is 413 g/mol. The van der Waals surface area contributed by atoms with Gasteiger partial charge in [-0.3, -0.25) is 4.79 Å². The smallest absolute Gasteiger partial charge is 0.407 e. The molecular formula is C15H19N5O5S2. The fraction of sp³-hybridized carbons (Fsp3) is 0.467. The summed E-state index contributed by atoms with van der Waals surface area (Å²) < 4.78 is 26.6. The van der Waals surface area contributed by atoms with Gasteiger partial charge in [-0.15, -0.1) is 0 Å². The second-order valence-electron chi connectivity index (χ2n) is 6.23. The summed E-state index contributed by atoms with van der Waals surface area (Å²) in [6.45, 7) is 3.52. The molecule has 0 atom stereocenters. The van der Waals surface area contributed by atoms with Crippen LogP contribution in [-0.4, -0.2) is 62.9 Å². The second kappa shape index (κ2) is 7.27. The van der Waals surface area contributed by atoms with Crippen molar-refractivity contribution in [3.63, 3.8) is 0 Å². The number of carbonyl (C=O) groups is 2. The molecule has 1 aliphatic heterocycles. The third-order valence-corrected chi connectivity index (χ3v) is 7.45. The molecule has 27 heavy (non-hydrogen) atoms. The molecule has 2 N–H and O–H groups in total. The van der Waals surface area contributed by atoms with Gasteiger partial charge in [-0.1, -0.05) is 11.3 Å². The largest absolute Gasteiger partial charge is 0.465 e. The topological polar surface area (TPSA) is 134 Å². The van der Waals surface area contributed by atoms with Crippen molar-refractivity contribution in [3.8, 4) is 10.4 Å². The maximum absolute atomic E-state index is 12.8. The molecule has 3 heterocycles. The summed E-state index contributed by atoms with van der Waals surface area (Å²) in [5, 5.41) is 15.3. The van der Waals surface area contributed by atoms with Gasteiger partial charge in [0.05, 0.1) is 28.2 Å². The Morgan fingerprint density at radius 3 is 2.59 bits per heavy atom. The van der Waals surface area contributed by atoms with Gasteiger partial charge in [0.2, 0.25) is 5.91 Å². The number of hydrogen-bond acceptors (Lipinski definition) is 7. The van der Waals surface area contributed by atoms with Gasteiger partial charge in [0.25, 0.3) is 10.0 Å². The van der Waals surface area contributed by atoms with E-state index in [4.69, 9.17) is 5.11 Å². The number of likely N-dealkylation sites (tertiary alicyclic amines) is 1. The molecule has 1 fully saturated rings. The Bertz CT molecular complexity index is 973. The number of anilines is 1. The van der Waals surface area contributed by atoms with E-state index in [1.807, 2.05) is 0 Å². The molecule has 0 bridgehead atoms. The zero-order chi connectivity index (χ0) is 19.8. The van der Waals surface area contributed by atoms with Gasteiger partial charge in [0, 0.05) is 25.6 Å². The highest BCUT2D eigenvalue weighted by Gasteiger charge is 2.33. The van der Waals surface area contributed by atoms with Crippen molar-refractivity contribution in [3.05, 3.63) is 18.1 Å². The Labute approximate surface area is 159 Å². The molecule has 0 unspecified atom stereocenters. The molecule has 2 aromatic rings. The van der Waals surface area contributed by atoms with Gasteiger partial charge in [-0.2, -0.15) is 9.19 Å². The normalized spacial score (nSPS) is 15.7. The third kappa shape index (κ3) is 3.95. The van der Waals surface area contributed by atoms with Crippen molar-refractivity contribution >= 4 is 38.5 Å². The molecule has 1 aliphatic rings. The Balaban J connectivity index is 1.80. The number of hydrogen-bond donors (Lipinski definition) is 2. The van der Waals surface area contributed by atoms with E-state index in [0.29, 0.717) is 16.4 Å². The van der Waals surface area contributed by atoms with Crippen LogP contribution in [0.5, 0.6) is 0 Å². The van der Waals surface area contributed by atoms with Gasteiger partial charge in [-0.05, 0) is 19.8 Å². The van der Waals surface area contributed by atoms with E-state index >= 15 is 0 Å². The first-order valence-electron chi connectivity index (χ1n) is 8.21. The first-order chi connectivity index (χ1) is 12.7. The van der Waals surface area contributed by atoms with E-state index in [1.165, 1.54) is 35.6 Å². The van der Waals surface area contributed by atoms with Crippen molar-refractivity contribution in [2.75, 3.05) is 18.4 Å². The summed E-state index contributed by atoms with van der Waals surface area (Å²) >= 11 is 1.24. The van der Waals surface area contributed by atoms with Gasteiger partial charge >= 0.3 is 6.09 Å². The number of piperidine rings is 1. The summed E-state index contributed by atoms with van der Waals surface area (Å²) in [4.78, 5) is 28.3. The molecule has 12 heteroatoms. The van der Waals surface area contributed by atoms with Crippen LogP contribution >= 0.6 is 11.3 Å². The Hall–Kier alpha value is -2.47. The van der Waals surface area contributed by atoms with Crippen LogP contribution in [0, 0.1) is 6.92 Å². The van der Waals surface area contributed by atoms with E-state index < -0.39 is 21.4 Å². The van der Waals surface area contributed by atoms with Crippen molar-refractivity contribution < 1.29 is 23.1 Å². The number of nitrogens with zero attached hydrogens (tertiary/aromatic N) is 4. The molecule has 1 saturated heterocycles. The summed E-state index contributed by atoms with van der Waals surface area (Å²) in [5.74, 6) is -0.235. The number of amides is 2. The number of carboxylic acid groups (broad SMARTS) is 1. The quantitative estimate of drug-likeness (QED) is 0.777. The Morgan fingerprint density at radius 1 is 1.33 bits per heavy atom. The maximum atomic E-state index is 12.8. The van der Waals surface area contributed by atoms with Crippen LogP contribution in [0.3, 0.4) is 0 Å². The van der Waals surface area contributed by atoms with Crippen molar-refractivity contribution in [2.45, 2.75) is 31.9 Å². The zero-order valence-electron chi connectivity index (χ0n) is 14.7. The predicted octanol–water partition coefficient (Wildman–Crippen LogP) is 1.59. The summed E-state index contributed by atoms with van der Waals surface area (Å²) in [7, 11) is -3.72. The number of nitrogens with one attached hydrogen (secondary N) is 1. The average Bonchev–Trinajstić information content (AvgIpc) is 3.21. The zero-order valence-corrected chi connectivity index (χ0v) is 16.4. The molecule has 2 amide bonds. The van der Waals surface area contributed by atoms with Gasteiger partial charge in [0.1, 0.15) is 0 Å². The lowest BCUT2D eigenvalue weighted by atomic mass is 10.1. The monoisotopic (exact) mass is 413 g/mol. The lowest BCUT2D eigenvalue weighted by Gasteiger charge is -2.29. The van der Waals surface area contributed by atoms with Gasteiger partial charge in [0.15, 0.2) is 5.13 Å². The molecule has 0 aromatic carbocycles. The van der Waals surface area contributed by atoms with Crippen molar-refractivity contribution in [2.24, 2.45) is 0 Å². The first-order valence-corrected chi connectivity index (χ1v) is 10.5. The molecule has 3 rings (SSSR count). The highest BCUT2D eigenvalue weighted by Crippen LogP contribution is 2.33. The third-order valence-electron chi connectivity index (χ3n) is 4.30. The number of carbonyl (C=O) groups excluding carboxylic acids is 1. The minimum absolute atomic E-state index is 0.182. The van der Waals surface area contributed by atoms with Crippen LogP contribution in [0.2, 0.25) is 0 Å². The van der Waals surface area contributed by atoms with E-state index in [0.717, 1.165) is 8.96 Å². The summed E-state index contributed by atoms with van der Waals surface area (Å²) in [6, 6.07) is 0. The number of aromatic nitrogens is 3. The summed E-state index contributed by atoms with van der Waals surface area (Å²) in [6.07, 6.45) is 2.30. The van der Waals surface area contributed by atoms with Crippen LogP contribution in [-0.2, 0) is 14.8 Å². The molecule has 0 radical (unpaired) electrons. The minimum Gasteiger partial charge on any atom is -0.465 e. The molecule has 0 spiro atoms. The Morgan fingerprint density at radius 2 is 2.00 bits per heavy atom. The first kappa shape index (κ1) is 19.3. The highest BCUT2D eigenvalue weighted by atomic mass is 32.2. The number of thiazole rings is 1. The summed E-state index contributed by atoms with van der Waals surface area (Å²) in [5.41, 5.74) is 1.25. The van der Waals surface area contributed by atoms with E-state index in [-0.39, 0.29) is 31.8 Å². The predicted molar refractivity (Wildman–Crippen MR) is 99.3 cm³/mol. The van der Waals surface area contributed by atoms with E-state index in [2.05, 4.69) is 15.4 Å². The fourth-order valence-electron chi connectivity index (χ4n) is 2.93. The lowest BCUT2D eigenvalue weighted by Crippen LogP contribution is -2.43. The standard InChI is InChI=1S/C15H19N5O5S2/c1-9-13(26-14(17-9)18-10(2)21)11-7-16-20(8-11)27(24,25)12-3-5-19(6-4-12)15(22)23/h7-8,12H,3-6H2,1-2H3,(H,22,23)(H,17,18,21).